The highest BCUT2D eigenvalue weighted by Gasteiger charge is 2.28. The lowest BCUT2D eigenvalue weighted by molar-refractivity contribution is 0.347. The Bertz CT molecular complexity index is 1500. The molecule has 4 rings (SSSR count). The Balaban J connectivity index is 0.000000286. The predicted molar refractivity (Wildman–Crippen MR) is 246 cm³/mol. The van der Waals surface area contributed by atoms with E-state index in [0.29, 0.717) is 0 Å². The number of hydrogen-bond acceptors (Lipinski definition) is 0. The maximum atomic E-state index is 2.53. The van der Waals surface area contributed by atoms with Gasteiger partial charge in [-0.25, -0.2) is 0 Å². The van der Waals surface area contributed by atoms with Gasteiger partial charge in [0.15, 0.2) is 0 Å². The summed E-state index contributed by atoms with van der Waals surface area (Å²) in [5.41, 5.74) is 19.2. The summed E-state index contributed by atoms with van der Waals surface area (Å²) in [5.74, 6) is 1.70. The second kappa shape index (κ2) is 17.0. The lowest BCUT2D eigenvalue weighted by Crippen LogP contribution is -2.21. The van der Waals surface area contributed by atoms with Crippen LogP contribution in [0.1, 0.15) is 230 Å². The smallest absolute Gasteiger partial charge is 0.0129 e. The zero-order valence-electron chi connectivity index (χ0n) is 40.4. The van der Waals surface area contributed by atoms with Gasteiger partial charge in [0.1, 0.15) is 0 Å². The summed E-state index contributed by atoms with van der Waals surface area (Å²) >= 11 is 0. The summed E-state index contributed by atoms with van der Waals surface area (Å²) in [6.45, 7) is 55.3. The molecule has 0 radical (unpaired) electrons. The standard InChI is InChI=1S/C22H36.2C16H26/c1-15-9-11-17(12-10-15)18-13-19(21(3,4)5)16(2)20(14-18)22(6,7)8;2*1-11-9-13(15(3,4)5)12(2)14(10-11)16(6,7)8/h13-15,17H,9-12H2,1-8H3;2*9-10H,1-8H3. The van der Waals surface area contributed by atoms with E-state index in [1.807, 2.05) is 0 Å². The van der Waals surface area contributed by atoms with Crippen molar-refractivity contribution in [2.24, 2.45) is 5.92 Å². The maximum Gasteiger partial charge on any atom is -0.0129 e. The van der Waals surface area contributed by atoms with Crippen LogP contribution < -0.4 is 0 Å². The minimum Gasteiger partial charge on any atom is -0.0625 e. The summed E-state index contributed by atoms with van der Waals surface area (Å²) < 4.78 is 0. The molecule has 0 atom stereocenters. The van der Waals surface area contributed by atoms with Gasteiger partial charge in [0.2, 0.25) is 0 Å². The fourth-order valence-electron chi connectivity index (χ4n) is 8.96. The molecular weight excluding hydrogens is 649 g/mol. The molecule has 0 nitrogen and oxygen atoms in total. The summed E-state index contributed by atoms with van der Waals surface area (Å²) in [6, 6.07) is 14.4. The third-order valence-corrected chi connectivity index (χ3v) is 11.9. The molecule has 1 aliphatic carbocycles. The van der Waals surface area contributed by atoms with Crippen molar-refractivity contribution < 1.29 is 0 Å². The molecule has 0 spiro atoms. The van der Waals surface area contributed by atoms with Crippen molar-refractivity contribution in [1.29, 1.82) is 0 Å². The highest BCUT2D eigenvalue weighted by atomic mass is 14.3. The van der Waals surface area contributed by atoms with Crippen molar-refractivity contribution in [1.82, 2.24) is 0 Å². The molecule has 0 unspecified atom stereocenters. The van der Waals surface area contributed by atoms with Crippen LogP contribution >= 0.6 is 0 Å². The second-order valence-electron chi connectivity index (χ2n) is 23.7. The summed E-state index contributed by atoms with van der Waals surface area (Å²) in [5, 5.41) is 0. The second-order valence-corrected chi connectivity index (χ2v) is 23.7. The monoisotopic (exact) mass is 737 g/mol. The topological polar surface area (TPSA) is 0 Å². The molecule has 304 valence electrons. The van der Waals surface area contributed by atoms with Gasteiger partial charge < -0.3 is 0 Å². The lowest BCUT2D eigenvalue weighted by atomic mass is 9.72. The third kappa shape index (κ3) is 12.8. The normalized spacial score (nSPS) is 17.3. The van der Waals surface area contributed by atoms with Crippen LogP contribution in [0.5, 0.6) is 0 Å². The van der Waals surface area contributed by atoms with Crippen LogP contribution in [-0.4, -0.2) is 0 Å². The molecule has 0 bridgehead atoms. The first kappa shape index (κ1) is 47.8. The Hall–Kier alpha value is -2.34. The van der Waals surface area contributed by atoms with Crippen LogP contribution in [0.4, 0.5) is 0 Å². The SMILES string of the molecule is Cc1c(C(C)(C)C)cc(C2CCC(C)CC2)cc1C(C)(C)C.Cc1cc(C(C)(C)C)c(C)c(C(C)(C)C)c1.Cc1cc(C(C)(C)C)c(C)c(C(C)(C)C)c1. The Kier molecular flexibility index (Phi) is 15.1. The number of hydrogen-bond donors (Lipinski definition) is 0. The molecular formula is C54H88. The maximum absolute atomic E-state index is 2.53. The summed E-state index contributed by atoms with van der Waals surface area (Å²) in [6.07, 6.45) is 5.54. The van der Waals surface area contributed by atoms with Gasteiger partial charge in [-0.2, -0.15) is 0 Å². The van der Waals surface area contributed by atoms with E-state index >= 15 is 0 Å². The third-order valence-electron chi connectivity index (χ3n) is 11.9. The van der Waals surface area contributed by atoms with Crippen LogP contribution in [0.3, 0.4) is 0 Å². The first-order valence-electron chi connectivity index (χ1n) is 21.5. The van der Waals surface area contributed by atoms with Crippen molar-refractivity contribution in [3.8, 4) is 0 Å². The first-order valence-corrected chi connectivity index (χ1v) is 21.5. The highest BCUT2D eigenvalue weighted by molar-refractivity contribution is 5.47. The first-order chi connectivity index (χ1) is 24.1. The summed E-state index contributed by atoms with van der Waals surface area (Å²) in [4.78, 5) is 0. The molecule has 0 N–H and O–H groups in total. The fourth-order valence-corrected chi connectivity index (χ4v) is 8.96. The van der Waals surface area contributed by atoms with Gasteiger partial charge in [-0.15, -0.1) is 0 Å². The van der Waals surface area contributed by atoms with E-state index in [1.54, 1.807) is 16.7 Å². The average molecular weight is 737 g/mol. The van der Waals surface area contributed by atoms with Gasteiger partial charge in [0.05, 0.1) is 0 Å². The van der Waals surface area contributed by atoms with Crippen molar-refractivity contribution in [3.05, 3.63) is 103 Å². The number of rotatable bonds is 1. The van der Waals surface area contributed by atoms with Gasteiger partial charge in [-0.05, 0) is 147 Å². The van der Waals surface area contributed by atoms with E-state index in [9.17, 15) is 0 Å². The van der Waals surface area contributed by atoms with E-state index in [0.717, 1.165) is 11.8 Å². The van der Waals surface area contributed by atoms with Gasteiger partial charge in [0.25, 0.3) is 0 Å². The number of benzene rings is 3. The molecule has 1 saturated carbocycles. The fraction of sp³-hybridized carbons (Fsp3) is 0.667. The van der Waals surface area contributed by atoms with Crippen LogP contribution in [-0.2, 0) is 32.5 Å². The van der Waals surface area contributed by atoms with Crippen LogP contribution in [0, 0.1) is 40.5 Å². The van der Waals surface area contributed by atoms with E-state index in [4.69, 9.17) is 0 Å². The van der Waals surface area contributed by atoms with Gasteiger partial charge in [-0.1, -0.05) is 192 Å². The van der Waals surface area contributed by atoms with Crippen LogP contribution in [0.2, 0.25) is 0 Å². The van der Waals surface area contributed by atoms with E-state index in [2.05, 4.69) is 203 Å². The minimum absolute atomic E-state index is 0.224. The largest absolute Gasteiger partial charge is 0.0625 e. The van der Waals surface area contributed by atoms with Crippen molar-refractivity contribution in [2.45, 2.75) is 230 Å². The molecule has 3 aromatic carbocycles. The molecule has 3 aromatic rings. The molecule has 0 heterocycles. The van der Waals surface area contributed by atoms with E-state index in [1.165, 1.54) is 75.8 Å². The Morgan fingerprint density at radius 2 is 0.537 bits per heavy atom. The van der Waals surface area contributed by atoms with E-state index < -0.39 is 0 Å². The predicted octanol–water partition coefficient (Wildman–Crippen LogP) is 16.7. The van der Waals surface area contributed by atoms with Crippen molar-refractivity contribution in [2.75, 3.05) is 0 Å². The van der Waals surface area contributed by atoms with Gasteiger partial charge in [-0.3, -0.25) is 0 Å². The number of aryl methyl sites for hydroxylation is 2. The minimum atomic E-state index is 0.224. The zero-order valence-corrected chi connectivity index (χ0v) is 40.4. The molecule has 0 heteroatoms. The zero-order chi connectivity index (χ0) is 42.2. The molecule has 0 amide bonds. The van der Waals surface area contributed by atoms with Gasteiger partial charge >= 0.3 is 0 Å². The van der Waals surface area contributed by atoms with Gasteiger partial charge in [0, 0.05) is 0 Å². The molecule has 0 aromatic heterocycles. The lowest BCUT2D eigenvalue weighted by Gasteiger charge is -2.33. The average Bonchev–Trinajstić information content (AvgIpc) is 2.97. The Morgan fingerprint density at radius 1 is 0.333 bits per heavy atom. The highest BCUT2D eigenvalue weighted by Crippen LogP contribution is 2.41. The van der Waals surface area contributed by atoms with Crippen LogP contribution in [0.15, 0.2) is 36.4 Å². The van der Waals surface area contributed by atoms with Crippen LogP contribution in [0.25, 0.3) is 0 Å². The van der Waals surface area contributed by atoms with Crippen molar-refractivity contribution >= 4 is 0 Å². The summed E-state index contributed by atoms with van der Waals surface area (Å²) in [7, 11) is 0. The molecule has 0 saturated heterocycles. The quantitative estimate of drug-likeness (QED) is 0.233. The Labute approximate surface area is 338 Å². The Morgan fingerprint density at radius 3 is 0.741 bits per heavy atom. The molecule has 0 aliphatic heterocycles. The molecule has 1 aliphatic rings. The van der Waals surface area contributed by atoms with Crippen molar-refractivity contribution in [3.63, 3.8) is 0 Å². The van der Waals surface area contributed by atoms with E-state index in [-0.39, 0.29) is 32.5 Å². The molecule has 54 heavy (non-hydrogen) atoms. The molecule has 1 fully saturated rings.